The monoisotopic (exact) mass is 243 g/mol. The standard InChI is InChI=1S/C13H13N3O2/c1-9(10-5-3-2-4-6-10)13-12(14)7-11(8-15-13)16(17)18/h2-9H,14H2,1H3. The van der Waals surface area contributed by atoms with Crippen molar-refractivity contribution >= 4 is 11.4 Å². The second-order valence-electron chi connectivity index (χ2n) is 4.06. The van der Waals surface area contributed by atoms with Gasteiger partial charge < -0.3 is 5.73 Å². The van der Waals surface area contributed by atoms with Crippen LogP contribution in [0.5, 0.6) is 0 Å². The quantitative estimate of drug-likeness (QED) is 0.663. The first kappa shape index (κ1) is 12.0. The van der Waals surface area contributed by atoms with Crippen molar-refractivity contribution < 1.29 is 4.92 Å². The minimum Gasteiger partial charge on any atom is -0.397 e. The summed E-state index contributed by atoms with van der Waals surface area (Å²) >= 11 is 0. The maximum absolute atomic E-state index is 10.6. The van der Waals surface area contributed by atoms with Crippen LogP contribution in [0.4, 0.5) is 11.4 Å². The van der Waals surface area contributed by atoms with E-state index in [1.165, 1.54) is 12.3 Å². The Bertz CT molecular complexity index is 570. The Hall–Kier alpha value is -2.43. The Morgan fingerprint density at radius 1 is 1.33 bits per heavy atom. The molecule has 18 heavy (non-hydrogen) atoms. The van der Waals surface area contributed by atoms with Gasteiger partial charge in [0.25, 0.3) is 5.69 Å². The van der Waals surface area contributed by atoms with E-state index in [9.17, 15) is 10.1 Å². The van der Waals surface area contributed by atoms with Crippen molar-refractivity contribution in [3.63, 3.8) is 0 Å². The maximum atomic E-state index is 10.6. The molecule has 0 aliphatic rings. The molecule has 5 heteroatoms. The fraction of sp³-hybridized carbons (Fsp3) is 0.154. The van der Waals surface area contributed by atoms with Crippen molar-refractivity contribution in [3.05, 3.63) is 64.0 Å². The molecule has 2 aromatic rings. The van der Waals surface area contributed by atoms with Crippen LogP contribution in [0, 0.1) is 10.1 Å². The van der Waals surface area contributed by atoms with Crippen molar-refractivity contribution in [1.29, 1.82) is 0 Å². The van der Waals surface area contributed by atoms with Gasteiger partial charge in [-0.1, -0.05) is 37.3 Å². The average Bonchev–Trinajstić information content (AvgIpc) is 2.38. The third-order valence-electron chi connectivity index (χ3n) is 2.86. The van der Waals surface area contributed by atoms with E-state index in [2.05, 4.69) is 4.98 Å². The molecule has 0 saturated heterocycles. The van der Waals surface area contributed by atoms with Crippen LogP contribution in [0.25, 0.3) is 0 Å². The summed E-state index contributed by atoms with van der Waals surface area (Å²) in [5.74, 6) is 0.00649. The van der Waals surface area contributed by atoms with Crippen LogP contribution in [0.3, 0.4) is 0 Å². The fourth-order valence-corrected chi connectivity index (χ4v) is 1.84. The zero-order valence-corrected chi connectivity index (χ0v) is 9.91. The number of rotatable bonds is 3. The summed E-state index contributed by atoms with van der Waals surface area (Å²) in [5, 5.41) is 10.6. The summed E-state index contributed by atoms with van der Waals surface area (Å²) in [6.07, 6.45) is 1.24. The lowest BCUT2D eigenvalue weighted by atomic mass is 9.96. The number of nitro groups is 1. The number of aromatic nitrogens is 1. The highest BCUT2D eigenvalue weighted by Gasteiger charge is 2.16. The van der Waals surface area contributed by atoms with Crippen molar-refractivity contribution in [2.75, 3.05) is 5.73 Å². The molecule has 92 valence electrons. The number of nitrogens with two attached hydrogens (primary N) is 1. The summed E-state index contributed by atoms with van der Waals surface area (Å²) in [5.41, 5.74) is 7.83. The number of hydrogen-bond acceptors (Lipinski definition) is 4. The highest BCUT2D eigenvalue weighted by Crippen LogP contribution is 2.28. The van der Waals surface area contributed by atoms with E-state index in [1.54, 1.807) is 0 Å². The first-order valence-corrected chi connectivity index (χ1v) is 5.54. The smallest absolute Gasteiger partial charge is 0.289 e. The first-order chi connectivity index (χ1) is 8.59. The van der Waals surface area contributed by atoms with Crippen LogP contribution in [0.2, 0.25) is 0 Å². The molecule has 0 aliphatic heterocycles. The van der Waals surface area contributed by atoms with Gasteiger partial charge in [0, 0.05) is 12.0 Å². The molecule has 1 heterocycles. The number of nitrogen functional groups attached to an aromatic ring is 1. The minimum atomic E-state index is -0.500. The van der Waals surface area contributed by atoms with E-state index < -0.39 is 4.92 Å². The van der Waals surface area contributed by atoms with E-state index in [0.29, 0.717) is 11.4 Å². The molecule has 1 atom stereocenters. The van der Waals surface area contributed by atoms with Gasteiger partial charge in [-0.25, -0.2) is 0 Å². The Balaban J connectivity index is 2.37. The van der Waals surface area contributed by atoms with Crippen LogP contribution in [0.15, 0.2) is 42.6 Å². The van der Waals surface area contributed by atoms with E-state index in [1.807, 2.05) is 37.3 Å². The summed E-state index contributed by atoms with van der Waals surface area (Å²) < 4.78 is 0. The van der Waals surface area contributed by atoms with E-state index >= 15 is 0 Å². The summed E-state index contributed by atoms with van der Waals surface area (Å²) in [6, 6.07) is 11.1. The van der Waals surface area contributed by atoms with Gasteiger partial charge in [0.2, 0.25) is 0 Å². The Kier molecular flexibility index (Phi) is 3.23. The third kappa shape index (κ3) is 2.29. The third-order valence-corrected chi connectivity index (χ3v) is 2.86. The zero-order chi connectivity index (χ0) is 13.1. The molecule has 0 saturated carbocycles. The molecular weight excluding hydrogens is 230 g/mol. The van der Waals surface area contributed by atoms with E-state index in [0.717, 1.165) is 5.56 Å². The van der Waals surface area contributed by atoms with Crippen LogP contribution in [-0.2, 0) is 0 Å². The lowest BCUT2D eigenvalue weighted by Crippen LogP contribution is -2.05. The van der Waals surface area contributed by atoms with Gasteiger partial charge in [-0.05, 0) is 5.56 Å². The van der Waals surface area contributed by atoms with Gasteiger partial charge in [0.1, 0.15) is 6.20 Å². The number of benzene rings is 1. The lowest BCUT2D eigenvalue weighted by molar-refractivity contribution is -0.385. The molecule has 0 fully saturated rings. The Morgan fingerprint density at radius 2 is 2.00 bits per heavy atom. The van der Waals surface area contributed by atoms with E-state index in [-0.39, 0.29) is 11.6 Å². The Morgan fingerprint density at radius 3 is 2.56 bits per heavy atom. The van der Waals surface area contributed by atoms with Crippen LogP contribution in [0.1, 0.15) is 24.1 Å². The predicted octanol–water partition coefficient (Wildman–Crippen LogP) is 2.72. The number of pyridine rings is 1. The highest BCUT2D eigenvalue weighted by atomic mass is 16.6. The second kappa shape index (κ2) is 4.83. The zero-order valence-electron chi connectivity index (χ0n) is 9.91. The lowest BCUT2D eigenvalue weighted by Gasteiger charge is -2.13. The summed E-state index contributed by atoms with van der Waals surface area (Å²) in [7, 11) is 0. The number of anilines is 1. The normalized spacial score (nSPS) is 12.1. The maximum Gasteiger partial charge on any atom is 0.289 e. The number of hydrogen-bond donors (Lipinski definition) is 1. The predicted molar refractivity (Wildman–Crippen MR) is 69.3 cm³/mol. The number of nitrogens with zero attached hydrogens (tertiary/aromatic N) is 2. The molecule has 1 unspecified atom stereocenters. The van der Waals surface area contributed by atoms with Gasteiger partial charge in [-0.3, -0.25) is 15.1 Å². The van der Waals surface area contributed by atoms with Crippen molar-refractivity contribution in [3.8, 4) is 0 Å². The van der Waals surface area contributed by atoms with Gasteiger partial charge >= 0.3 is 0 Å². The van der Waals surface area contributed by atoms with Gasteiger partial charge in [-0.2, -0.15) is 0 Å². The van der Waals surface area contributed by atoms with Crippen molar-refractivity contribution in [2.45, 2.75) is 12.8 Å². The Labute approximate surface area is 104 Å². The fourth-order valence-electron chi connectivity index (χ4n) is 1.84. The van der Waals surface area contributed by atoms with Crippen LogP contribution in [-0.4, -0.2) is 9.91 Å². The molecule has 5 nitrogen and oxygen atoms in total. The molecule has 1 aromatic heterocycles. The first-order valence-electron chi connectivity index (χ1n) is 5.54. The van der Waals surface area contributed by atoms with Crippen molar-refractivity contribution in [2.24, 2.45) is 0 Å². The minimum absolute atomic E-state index is 0.00649. The van der Waals surface area contributed by atoms with Crippen molar-refractivity contribution in [1.82, 2.24) is 4.98 Å². The average molecular weight is 243 g/mol. The molecule has 0 amide bonds. The van der Waals surface area contributed by atoms with Gasteiger partial charge in [0.05, 0.1) is 16.3 Å². The molecule has 0 spiro atoms. The highest BCUT2D eigenvalue weighted by molar-refractivity contribution is 5.52. The molecule has 2 rings (SSSR count). The molecule has 1 aromatic carbocycles. The van der Waals surface area contributed by atoms with E-state index in [4.69, 9.17) is 5.73 Å². The van der Waals surface area contributed by atoms with Gasteiger partial charge in [0.15, 0.2) is 0 Å². The summed E-state index contributed by atoms with van der Waals surface area (Å²) in [4.78, 5) is 14.2. The van der Waals surface area contributed by atoms with Crippen LogP contribution >= 0.6 is 0 Å². The molecule has 0 aliphatic carbocycles. The van der Waals surface area contributed by atoms with Gasteiger partial charge in [-0.15, -0.1) is 0 Å². The largest absolute Gasteiger partial charge is 0.397 e. The molecule has 2 N–H and O–H groups in total. The molecule has 0 bridgehead atoms. The SMILES string of the molecule is CC(c1ccccc1)c1ncc([N+](=O)[O-])cc1N. The topological polar surface area (TPSA) is 82.0 Å². The van der Waals surface area contributed by atoms with Crippen LogP contribution < -0.4 is 5.73 Å². The second-order valence-corrected chi connectivity index (χ2v) is 4.06. The summed E-state index contributed by atoms with van der Waals surface area (Å²) in [6.45, 7) is 1.97. The molecule has 0 radical (unpaired) electrons. The molecular formula is C13H13N3O2.